The Bertz CT molecular complexity index is 2880. The van der Waals surface area contributed by atoms with E-state index in [-0.39, 0.29) is 47.8 Å². The number of rotatable bonds is 8. The zero-order chi connectivity index (χ0) is 52.3. The number of likely N-dealkylation sites (N-methyl/N-ethyl adjacent to an activating group) is 4. The number of aromatic nitrogens is 7. The van der Waals surface area contributed by atoms with Crippen molar-refractivity contribution in [3.05, 3.63) is 156 Å². The van der Waals surface area contributed by atoms with Gasteiger partial charge in [-0.2, -0.15) is 5.10 Å². The highest BCUT2D eigenvalue weighted by atomic mass is 32.1. The molecule has 0 fully saturated rings. The molecule has 4 N–H and O–H groups in total. The predicted molar refractivity (Wildman–Crippen MR) is 291 cm³/mol. The Morgan fingerprint density at radius 1 is 0.480 bits per heavy atom. The van der Waals surface area contributed by atoms with Crippen LogP contribution in [0.1, 0.15) is 65.9 Å². The topological polar surface area (TPSA) is 233 Å². The van der Waals surface area contributed by atoms with Gasteiger partial charge in [0.1, 0.15) is 42.6 Å². The van der Waals surface area contributed by atoms with Crippen molar-refractivity contribution in [2.75, 3.05) is 74.0 Å². The maximum Gasteiger partial charge on any atom is 0.304 e. The van der Waals surface area contributed by atoms with Gasteiger partial charge in [-0.15, -0.1) is 50.4 Å². The molecule has 4 atom stereocenters. The first kappa shape index (κ1) is 52.8. The van der Waals surface area contributed by atoms with E-state index in [1.54, 1.807) is 121 Å². The molecule has 24 heteroatoms. The quantitative estimate of drug-likeness (QED) is 0.142. The lowest BCUT2D eigenvalue weighted by Gasteiger charge is -2.23. The Morgan fingerprint density at radius 3 is 1.35 bits per heavy atom. The minimum Gasteiger partial charge on any atom is -0.432 e. The average molecular weight is 1090 g/mol. The van der Waals surface area contributed by atoms with E-state index in [9.17, 15) is 19.2 Å². The van der Waals surface area contributed by atoms with E-state index in [2.05, 4.69) is 80.6 Å². The van der Waals surface area contributed by atoms with E-state index in [0.717, 1.165) is 45.2 Å². The molecule has 4 aliphatic heterocycles. The Hall–Kier alpha value is -7.03. The maximum absolute atomic E-state index is 12.6. The summed E-state index contributed by atoms with van der Waals surface area (Å²) >= 11 is 6.50. The Labute approximate surface area is 449 Å². The second-order valence-corrected chi connectivity index (χ2v) is 20.9. The molecule has 0 spiro atoms. The van der Waals surface area contributed by atoms with Gasteiger partial charge < -0.3 is 25.7 Å². The zero-order valence-electron chi connectivity index (χ0n) is 41.5. The lowest BCUT2D eigenvalue weighted by atomic mass is 10.1. The number of hydrogen-bond donors (Lipinski definition) is 4. The first-order valence-corrected chi connectivity index (χ1v) is 27.6. The molecule has 8 aromatic heterocycles. The molecule has 0 bridgehead atoms. The van der Waals surface area contributed by atoms with Gasteiger partial charge in [-0.25, -0.2) is 19.9 Å². The predicted octanol–water partition coefficient (Wildman–Crippen LogP) is 5.75. The molecule has 0 radical (unpaired) electrons. The smallest absolute Gasteiger partial charge is 0.304 e. The van der Waals surface area contributed by atoms with Gasteiger partial charge in [0.25, 0.3) is 23.6 Å². The molecule has 12 rings (SSSR count). The molecule has 4 amide bonds. The van der Waals surface area contributed by atoms with Crippen LogP contribution in [0.25, 0.3) is 0 Å². The lowest BCUT2D eigenvalue weighted by Crippen LogP contribution is -2.39. The lowest BCUT2D eigenvalue weighted by molar-refractivity contribution is -0.121. The number of anilines is 4. The third-order valence-corrected chi connectivity index (χ3v) is 17.0. The molecule has 388 valence electrons. The molecule has 20 nitrogen and oxygen atoms in total. The number of oxazole rings is 1. The molecule has 0 aromatic carbocycles. The van der Waals surface area contributed by atoms with Gasteiger partial charge in [-0.05, 0) is 140 Å². The molecule has 4 unspecified atom stereocenters. The van der Waals surface area contributed by atoms with Gasteiger partial charge in [-0.1, -0.05) is 0 Å². The summed E-state index contributed by atoms with van der Waals surface area (Å²) in [6.45, 7) is 2.53. The fourth-order valence-electron chi connectivity index (χ4n) is 9.22. The monoisotopic (exact) mass is 1090 g/mol. The molecular formula is C51H55N15O5S4. The minimum atomic E-state index is -0.311. The van der Waals surface area contributed by atoms with Crippen LogP contribution in [-0.2, 0) is 44.9 Å². The van der Waals surface area contributed by atoms with Crippen molar-refractivity contribution in [2.24, 2.45) is 0 Å². The average Bonchev–Trinajstić information content (AvgIpc) is 4.33. The van der Waals surface area contributed by atoms with Gasteiger partial charge in [0.05, 0.1) is 12.4 Å². The van der Waals surface area contributed by atoms with Crippen LogP contribution in [0.2, 0.25) is 0 Å². The van der Waals surface area contributed by atoms with Crippen LogP contribution < -0.4 is 40.9 Å². The molecule has 0 saturated heterocycles. The van der Waals surface area contributed by atoms with Gasteiger partial charge in [0.15, 0.2) is 11.6 Å². The van der Waals surface area contributed by atoms with Gasteiger partial charge >= 0.3 is 6.01 Å². The Balaban J connectivity index is 0.000000122. The zero-order valence-corrected chi connectivity index (χ0v) is 44.8. The summed E-state index contributed by atoms with van der Waals surface area (Å²) in [6, 6.07) is 12.9. The van der Waals surface area contributed by atoms with Crippen LogP contribution >= 0.6 is 45.3 Å². The molecule has 0 saturated carbocycles. The molecule has 75 heavy (non-hydrogen) atoms. The van der Waals surface area contributed by atoms with Crippen molar-refractivity contribution >= 4 is 92.4 Å². The summed E-state index contributed by atoms with van der Waals surface area (Å²) in [5.41, 5.74) is 4.95. The summed E-state index contributed by atoms with van der Waals surface area (Å²) in [5.74, 6) is 1.98. The number of amides is 4. The van der Waals surface area contributed by atoms with Gasteiger partial charge in [0.2, 0.25) is 0 Å². The van der Waals surface area contributed by atoms with Gasteiger partial charge in [0, 0.05) is 70.5 Å². The van der Waals surface area contributed by atoms with Crippen LogP contribution in [0.3, 0.4) is 0 Å². The summed E-state index contributed by atoms with van der Waals surface area (Å²) < 4.78 is 5.24. The van der Waals surface area contributed by atoms with E-state index in [1.165, 1.54) is 34.8 Å². The first-order chi connectivity index (χ1) is 36.7. The van der Waals surface area contributed by atoms with Crippen LogP contribution in [0.4, 0.5) is 23.5 Å². The van der Waals surface area contributed by atoms with E-state index >= 15 is 0 Å². The Morgan fingerprint density at radius 2 is 0.947 bits per heavy atom. The third kappa shape index (κ3) is 11.6. The number of nitrogens with one attached hydrogen (secondary N) is 4. The normalized spacial score (nSPS) is 19.3. The van der Waals surface area contributed by atoms with Crippen LogP contribution in [0.5, 0.6) is 0 Å². The van der Waals surface area contributed by atoms with Crippen LogP contribution in [0, 0.1) is 0 Å². The summed E-state index contributed by atoms with van der Waals surface area (Å²) in [5, 5.41) is 28.5. The van der Waals surface area contributed by atoms with Crippen molar-refractivity contribution in [2.45, 2.75) is 49.9 Å². The number of fused-ring (bicyclic) bond motifs is 4. The Kier molecular flexibility index (Phi) is 17.6. The van der Waals surface area contributed by atoms with E-state index in [1.807, 2.05) is 48.7 Å². The second kappa shape index (κ2) is 25.0. The maximum atomic E-state index is 12.6. The fourth-order valence-corrected chi connectivity index (χ4v) is 13.4. The number of thiophene rings is 4. The van der Waals surface area contributed by atoms with Crippen molar-refractivity contribution in [1.29, 1.82) is 0 Å². The van der Waals surface area contributed by atoms with Crippen molar-refractivity contribution in [1.82, 2.24) is 56.4 Å². The molecule has 8 aromatic rings. The molecular weight excluding hydrogens is 1030 g/mol. The largest absolute Gasteiger partial charge is 0.432 e. The summed E-state index contributed by atoms with van der Waals surface area (Å²) in [6.07, 6.45) is 16.0. The third-order valence-electron chi connectivity index (χ3n) is 13.0. The highest BCUT2D eigenvalue weighted by Crippen LogP contribution is 2.35. The van der Waals surface area contributed by atoms with Crippen molar-refractivity contribution in [3.8, 4) is 0 Å². The number of carbonyl (C=O) groups is 4. The van der Waals surface area contributed by atoms with Crippen molar-refractivity contribution in [3.63, 3.8) is 0 Å². The van der Waals surface area contributed by atoms with Crippen molar-refractivity contribution < 1.29 is 23.6 Å². The van der Waals surface area contributed by atoms with E-state index < -0.39 is 0 Å². The second-order valence-electron chi connectivity index (χ2n) is 17.1. The minimum absolute atomic E-state index is 0.0128. The molecule has 4 aliphatic rings. The first-order valence-electron chi connectivity index (χ1n) is 24.1. The SMILES string of the molecule is CNC1C(=O)N(c2cccnn2)CCc2ccsc21.CNC1C(=O)N(c2ccncn2)CCc2ccsc21.CNC1C(=O)N(c2cnccn2)CCc2ccsc21.CNC1C(=O)N(c2ncco2)CCc2ccsc21. The standard InChI is InChI=1S/3C13H14N4OS.C12H13N3O2S/c1-14-11-12-9(3-7-19-12)2-6-17(13(11)18)10-8-15-4-5-16-10;1-14-11-12-9(4-7-19-12)3-6-17(13(11)18)10-2-5-15-8-16-10;1-14-11-12-9(5-8-19-12)4-7-17(13(11)18)10-3-2-6-15-16-10;1-13-9-10-8(3-7-18-10)2-5-15(11(9)16)12-14-4-6-17-12/h3-5,7-8,11,14H,2,6H2,1H3;2,4-5,7-8,11,14H,3,6H2,1H3;2-3,5-6,8,11,14H,4,7H2,1H3;3-4,6-7,9,13H,2,5H2,1H3. The number of hydrogen-bond acceptors (Lipinski definition) is 20. The highest BCUT2D eigenvalue weighted by Gasteiger charge is 2.36. The van der Waals surface area contributed by atoms with Crippen LogP contribution in [-0.4, -0.2) is 113 Å². The van der Waals surface area contributed by atoms with E-state index in [0.29, 0.717) is 49.6 Å². The number of nitrogens with zero attached hydrogens (tertiary/aromatic N) is 11. The molecule has 0 aliphatic carbocycles. The molecule has 12 heterocycles. The highest BCUT2D eigenvalue weighted by molar-refractivity contribution is 7.11. The number of carbonyl (C=O) groups excluding carboxylic acids is 4. The van der Waals surface area contributed by atoms with Gasteiger partial charge in [-0.3, -0.25) is 43.8 Å². The van der Waals surface area contributed by atoms with E-state index in [4.69, 9.17) is 4.42 Å². The summed E-state index contributed by atoms with van der Waals surface area (Å²) in [4.78, 5) is 82.0. The summed E-state index contributed by atoms with van der Waals surface area (Å²) in [7, 11) is 7.24. The fraction of sp³-hybridized carbons (Fsp3) is 0.314. The van der Waals surface area contributed by atoms with Crippen LogP contribution in [0.15, 0.2) is 118 Å².